The second-order valence-electron chi connectivity index (χ2n) is 3.89. The molecule has 2 aromatic heterocycles. The van der Waals surface area contributed by atoms with Crippen LogP contribution in [0.1, 0.15) is 30.5 Å². The van der Waals surface area contributed by atoms with Crippen molar-refractivity contribution in [1.82, 2.24) is 0 Å². The van der Waals surface area contributed by atoms with Gasteiger partial charge in [0.05, 0.1) is 29.1 Å². The van der Waals surface area contributed by atoms with Crippen molar-refractivity contribution >= 4 is 50.5 Å². The molecule has 0 aliphatic rings. The largest absolute Gasteiger partial charge is 0.465 e. The maximum atomic E-state index is 11.0. The van der Waals surface area contributed by atoms with Crippen LogP contribution in [0.3, 0.4) is 0 Å². The number of carbonyl (C=O) groups excluding carboxylic acids is 2. The van der Waals surface area contributed by atoms with Crippen LogP contribution in [0, 0.1) is 13.8 Å². The molecule has 0 saturated heterocycles. The van der Waals surface area contributed by atoms with E-state index in [1.165, 1.54) is 25.6 Å². The predicted octanol–water partition coefficient (Wildman–Crippen LogP) is 4.45. The third-order valence-corrected chi connectivity index (χ3v) is 4.96. The smallest absolute Gasteiger partial charge is 0.339 e. The van der Waals surface area contributed by atoms with Gasteiger partial charge in [0.2, 0.25) is 0 Å². The van der Waals surface area contributed by atoms with Crippen LogP contribution in [0.15, 0.2) is 21.3 Å². The third kappa shape index (κ3) is 4.94. The Hall–Kier alpha value is -1.18. The Balaban J connectivity index is 0.000000211. The Labute approximate surface area is 139 Å². The SMILES string of the molecule is COC(=O)c1cc(Br)sc1C.COC(=O)c1ccsc1C. The van der Waals surface area contributed by atoms with E-state index in [4.69, 9.17) is 0 Å². The van der Waals surface area contributed by atoms with Crippen LogP contribution in [0.2, 0.25) is 0 Å². The van der Waals surface area contributed by atoms with Crippen LogP contribution >= 0.6 is 38.6 Å². The zero-order valence-electron chi connectivity index (χ0n) is 12.1. The Morgan fingerprint density at radius 1 is 1.05 bits per heavy atom. The molecule has 0 amide bonds. The molecule has 0 unspecified atom stereocenters. The summed E-state index contributed by atoms with van der Waals surface area (Å²) < 4.78 is 10.1. The lowest BCUT2D eigenvalue weighted by Gasteiger charge is -1.94. The Morgan fingerprint density at radius 3 is 2.00 bits per heavy atom. The number of thiophene rings is 2. The highest BCUT2D eigenvalue weighted by atomic mass is 79.9. The van der Waals surface area contributed by atoms with Crippen molar-refractivity contribution in [1.29, 1.82) is 0 Å². The third-order valence-electron chi connectivity index (χ3n) is 2.56. The van der Waals surface area contributed by atoms with E-state index in [1.54, 1.807) is 23.5 Å². The van der Waals surface area contributed by atoms with Gasteiger partial charge >= 0.3 is 11.9 Å². The summed E-state index contributed by atoms with van der Waals surface area (Å²) in [6.45, 7) is 3.79. The molecule has 2 rings (SSSR count). The van der Waals surface area contributed by atoms with Crippen LogP contribution in [-0.4, -0.2) is 26.2 Å². The molecule has 21 heavy (non-hydrogen) atoms. The summed E-state index contributed by atoms with van der Waals surface area (Å²) in [7, 11) is 2.77. The number of ether oxygens (including phenoxy) is 2. The van der Waals surface area contributed by atoms with Crippen molar-refractivity contribution in [3.8, 4) is 0 Å². The lowest BCUT2D eigenvalue weighted by molar-refractivity contribution is 0.0591. The van der Waals surface area contributed by atoms with E-state index in [0.717, 1.165) is 13.5 Å². The first-order valence-electron chi connectivity index (χ1n) is 5.87. The van der Waals surface area contributed by atoms with Crippen LogP contribution in [0.5, 0.6) is 0 Å². The zero-order chi connectivity index (χ0) is 16.0. The number of esters is 2. The highest BCUT2D eigenvalue weighted by Gasteiger charge is 2.11. The standard InChI is InChI=1S/C7H7BrO2S.C7H8O2S/c1-4-5(7(9)10-2)3-6(8)11-4;1-5-6(3-4-10-5)7(8)9-2/h3H,1-2H3;3-4H,1-2H3. The first kappa shape index (κ1) is 17.9. The molecule has 0 atom stereocenters. The molecule has 114 valence electrons. The van der Waals surface area contributed by atoms with E-state index in [2.05, 4.69) is 25.4 Å². The minimum Gasteiger partial charge on any atom is -0.465 e. The molecule has 0 fully saturated rings. The van der Waals surface area contributed by atoms with Gasteiger partial charge in [0.25, 0.3) is 0 Å². The number of hydrogen-bond donors (Lipinski definition) is 0. The van der Waals surface area contributed by atoms with Crippen LogP contribution < -0.4 is 0 Å². The van der Waals surface area contributed by atoms with Crippen LogP contribution in [0.25, 0.3) is 0 Å². The Kier molecular flexibility index (Phi) is 7.07. The molecule has 0 spiro atoms. The summed E-state index contributed by atoms with van der Waals surface area (Å²) in [6, 6.07) is 3.54. The van der Waals surface area contributed by atoms with Crippen molar-refractivity contribution in [2.45, 2.75) is 13.8 Å². The van der Waals surface area contributed by atoms with Gasteiger partial charge in [-0.1, -0.05) is 0 Å². The molecule has 0 bridgehead atoms. The lowest BCUT2D eigenvalue weighted by Crippen LogP contribution is -2.00. The summed E-state index contributed by atoms with van der Waals surface area (Å²) >= 11 is 6.37. The maximum absolute atomic E-state index is 11.0. The average Bonchev–Trinajstić information content (AvgIpc) is 3.03. The van der Waals surface area contributed by atoms with Gasteiger partial charge in [-0.05, 0) is 47.3 Å². The van der Waals surface area contributed by atoms with E-state index in [-0.39, 0.29) is 11.9 Å². The maximum Gasteiger partial charge on any atom is 0.339 e. The normalized spacial score (nSPS) is 9.57. The van der Waals surface area contributed by atoms with E-state index in [9.17, 15) is 9.59 Å². The lowest BCUT2D eigenvalue weighted by atomic mass is 10.3. The molecule has 7 heteroatoms. The van der Waals surface area contributed by atoms with Gasteiger partial charge in [-0.25, -0.2) is 9.59 Å². The minimum atomic E-state index is -0.274. The fourth-order valence-corrected chi connectivity index (χ4v) is 3.83. The molecular weight excluding hydrogens is 376 g/mol. The fraction of sp³-hybridized carbons (Fsp3) is 0.286. The second kappa shape index (κ2) is 8.31. The van der Waals surface area contributed by atoms with Crippen molar-refractivity contribution in [3.63, 3.8) is 0 Å². The molecule has 2 heterocycles. The van der Waals surface area contributed by atoms with Gasteiger partial charge in [0, 0.05) is 9.75 Å². The number of halogens is 1. The molecule has 0 saturated carbocycles. The highest BCUT2D eigenvalue weighted by Crippen LogP contribution is 2.26. The molecule has 0 N–H and O–H groups in total. The van der Waals surface area contributed by atoms with Gasteiger partial charge in [-0.3, -0.25) is 0 Å². The fourth-order valence-electron chi connectivity index (χ4n) is 1.47. The second-order valence-corrected chi connectivity index (χ2v) is 7.65. The first-order chi connectivity index (χ1) is 9.90. The molecule has 2 aromatic rings. The number of methoxy groups -OCH3 is 2. The van der Waals surface area contributed by atoms with Gasteiger partial charge < -0.3 is 9.47 Å². The van der Waals surface area contributed by atoms with Crippen LogP contribution in [0.4, 0.5) is 0 Å². The first-order valence-corrected chi connectivity index (χ1v) is 8.36. The molecule has 0 aromatic carbocycles. The molecule has 0 aliphatic carbocycles. The van der Waals surface area contributed by atoms with E-state index >= 15 is 0 Å². The van der Waals surface area contributed by atoms with Crippen LogP contribution in [-0.2, 0) is 9.47 Å². The summed E-state index contributed by atoms with van der Waals surface area (Å²) in [5.41, 5.74) is 1.32. The predicted molar refractivity (Wildman–Crippen MR) is 88.5 cm³/mol. The van der Waals surface area contributed by atoms with Crippen molar-refractivity contribution in [2.24, 2.45) is 0 Å². The van der Waals surface area contributed by atoms with Gasteiger partial charge in [0.15, 0.2) is 0 Å². The van der Waals surface area contributed by atoms with Crippen molar-refractivity contribution in [2.75, 3.05) is 14.2 Å². The van der Waals surface area contributed by atoms with Gasteiger partial charge in [0.1, 0.15) is 0 Å². The molecule has 0 aliphatic heterocycles. The number of aryl methyl sites for hydroxylation is 2. The zero-order valence-corrected chi connectivity index (χ0v) is 15.3. The minimum absolute atomic E-state index is 0.251. The number of hydrogen-bond acceptors (Lipinski definition) is 6. The van der Waals surface area contributed by atoms with E-state index < -0.39 is 0 Å². The summed E-state index contributed by atoms with van der Waals surface area (Å²) in [5, 5.41) is 1.88. The van der Waals surface area contributed by atoms with Crippen molar-refractivity contribution in [3.05, 3.63) is 42.2 Å². The number of rotatable bonds is 2. The average molecular weight is 391 g/mol. The highest BCUT2D eigenvalue weighted by molar-refractivity contribution is 9.11. The van der Waals surface area contributed by atoms with Crippen molar-refractivity contribution < 1.29 is 19.1 Å². The van der Waals surface area contributed by atoms with Gasteiger partial charge in [-0.15, -0.1) is 22.7 Å². The van der Waals surface area contributed by atoms with E-state index in [1.807, 2.05) is 19.2 Å². The topological polar surface area (TPSA) is 52.6 Å². The monoisotopic (exact) mass is 390 g/mol. The Bertz CT molecular complexity index is 631. The summed E-state index contributed by atoms with van der Waals surface area (Å²) in [4.78, 5) is 23.9. The number of carbonyl (C=O) groups is 2. The quantitative estimate of drug-likeness (QED) is 0.710. The summed E-state index contributed by atoms with van der Waals surface area (Å²) in [6.07, 6.45) is 0. The Morgan fingerprint density at radius 2 is 1.62 bits per heavy atom. The van der Waals surface area contributed by atoms with E-state index in [0.29, 0.717) is 11.1 Å². The molecule has 4 nitrogen and oxygen atoms in total. The van der Waals surface area contributed by atoms with Gasteiger partial charge in [-0.2, -0.15) is 0 Å². The molecule has 0 radical (unpaired) electrons. The summed E-state index contributed by atoms with van der Waals surface area (Å²) in [5.74, 6) is -0.525. The molecular formula is C14H15BrO4S2.